The third-order valence-corrected chi connectivity index (χ3v) is 2.71. The number of nitrogens with one attached hydrogen (secondary N) is 1. The standard InChI is InChI=1S/C10H16N4O2/c11-13-10-3-7(1-2-12-10)4-14-5-8(15)9(16)6-14/h1-3,8-9,15-16H,4-6,11H2,(H,12,13). The Morgan fingerprint density at radius 3 is 2.75 bits per heavy atom. The summed E-state index contributed by atoms with van der Waals surface area (Å²) >= 11 is 0. The summed E-state index contributed by atoms with van der Waals surface area (Å²) in [5, 5.41) is 18.8. The van der Waals surface area contributed by atoms with Gasteiger partial charge in [-0.15, -0.1) is 0 Å². The van der Waals surface area contributed by atoms with Gasteiger partial charge in [-0.25, -0.2) is 10.8 Å². The highest BCUT2D eigenvalue weighted by molar-refractivity contribution is 5.35. The number of β-amino-alcohol motifs (C(OH)–C–C–N with tert-alkyl or cyclic N) is 2. The van der Waals surface area contributed by atoms with Crippen molar-refractivity contribution in [2.24, 2.45) is 5.84 Å². The fourth-order valence-electron chi connectivity index (χ4n) is 1.89. The van der Waals surface area contributed by atoms with E-state index in [4.69, 9.17) is 5.84 Å². The summed E-state index contributed by atoms with van der Waals surface area (Å²) < 4.78 is 0. The van der Waals surface area contributed by atoms with Crippen LogP contribution in [0.1, 0.15) is 5.56 Å². The Hall–Kier alpha value is -1.21. The molecule has 2 unspecified atom stereocenters. The Bertz CT molecular complexity index is 350. The van der Waals surface area contributed by atoms with E-state index in [1.165, 1.54) is 0 Å². The maximum atomic E-state index is 9.41. The number of hydrazine groups is 1. The van der Waals surface area contributed by atoms with Gasteiger partial charge in [0.15, 0.2) is 0 Å². The SMILES string of the molecule is NNc1cc(CN2CC(O)C(O)C2)ccn1. The minimum Gasteiger partial charge on any atom is -0.389 e. The number of rotatable bonds is 3. The molecule has 6 nitrogen and oxygen atoms in total. The molecular formula is C10H16N4O2. The number of hydrogen-bond donors (Lipinski definition) is 4. The number of aliphatic hydroxyl groups excluding tert-OH is 2. The summed E-state index contributed by atoms with van der Waals surface area (Å²) in [6.45, 7) is 1.66. The molecule has 6 heteroatoms. The van der Waals surface area contributed by atoms with Crippen molar-refractivity contribution >= 4 is 5.82 Å². The molecule has 0 aromatic carbocycles. The fraction of sp³-hybridized carbons (Fsp3) is 0.500. The van der Waals surface area contributed by atoms with Crippen LogP contribution in [0, 0.1) is 0 Å². The van der Waals surface area contributed by atoms with Gasteiger partial charge in [0.2, 0.25) is 0 Å². The van der Waals surface area contributed by atoms with Crippen LogP contribution in [0.2, 0.25) is 0 Å². The van der Waals surface area contributed by atoms with Gasteiger partial charge in [-0.3, -0.25) is 4.90 Å². The molecule has 88 valence electrons. The second kappa shape index (κ2) is 4.75. The first-order valence-corrected chi connectivity index (χ1v) is 5.19. The highest BCUT2D eigenvalue weighted by Crippen LogP contribution is 2.15. The Kier molecular flexibility index (Phi) is 3.35. The van der Waals surface area contributed by atoms with Crippen molar-refractivity contribution < 1.29 is 10.2 Å². The van der Waals surface area contributed by atoms with E-state index in [0.717, 1.165) is 5.56 Å². The van der Waals surface area contributed by atoms with Crippen LogP contribution in [0.25, 0.3) is 0 Å². The number of nitrogens with two attached hydrogens (primary N) is 1. The van der Waals surface area contributed by atoms with Crippen molar-refractivity contribution in [3.05, 3.63) is 23.9 Å². The molecule has 0 bridgehead atoms. The van der Waals surface area contributed by atoms with Crippen LogP contribution in [0.5, 0.6) is 0 Å². The first-order valence-electron chi connectivity index (χ1n) is 5.19. The van der Waals surface area contributed by atoms with Gasteiger partial charge in [0, 0.05) is 25.8 Å². The molecule has 5 N–H and O–H groups in total. The third-order valence-electron chi connectivity index (χ3n) is 2.71. The second-order valence-corrected chi connectivity index (χ2v) is 4.02. The van der Waals surface area contributed by atoms with Gasteiger partial charge in [0.1, 0.15) is 5.82 Å². The molecule has 1 aromatic rings. The molecule has 0 spiro atoms. The van der Waals surface area contributed by atoms with Crippen LogP contribution in [-0.2, 0) is 6.54 Å². The summed E-state index contributed by atoms with van der Waals surface area (Å²) in [6, 6.07) is 3.73. The van der Waals surface area contributed by atoms with Crippen molar-refractivity contribution in [3.8, 4) is 0 Å². The minimum absolute atomic E-state index is 0.495. The monoisotopic (exact) mass is 224 g/mol. The molecule has 2 rings (SSSR count). The van der Waals surface area contributed by atoms with Crippen molar-refractivity contribution in [3.63, 3.8) is 0 Å². The number of nitrogens with zero attached hydrogens (tertiary/aromatic N) is 2. The average Bonchev–Trinajstić information content (AvgIpc) is 2.58. The predicted molar refractivity (Wildman–Crippen MR) is 59.3 cm³/mol. The molecule has 1 aromatic heterocycles. The van der Waals surface area contributed by atoms with Gasteiger partial charge in [-0.1, -0.05) is 0 Å². The maximum Gasteiger partial charge on any atom is 0.140 e. The van der Waals surface area contributed by atoms with E-state index in [1.807, 2.05) is 17.0 Å². The lowest BCUT2D eigenvalue weighted by Gasteiger charge is -2.14. The molecule has 2 heterocycles. The first kappa shape index (κ1) is 11.3. The lowest BCUT2D eigenvalue weighted by atomic mass is 10.2. The van der Waals surface area contributed by atoms with Gasteiger partial charge in [-0.05, 0) is 17.7 Å². The molecule has 0 radical (unpaired) electrons. The van der Waals surface area contributed by atoms with E-state index in [0.29, 0.717) is 25.5 Å². The largest absolute Gasteiger partial charge is 0.389 e. The van der Waals surface area contributed by atoms with Gasteiger partial charge in [-0.2, -0.15) is 0 Å². The molecule has 0 amide bonds. The molecule has 0 saturated carbocycles. The highest BCUT2D eigenvalue weighted by Gasteiger charge is 2.29. The number of anilines is 1. The topological polar surface area (TPSA) is 94.6 Å². The summed E-state index contributed by atoms with van der Waals surface area (Å²) in [7, 11) is 0. The number of likely N-dealkylation sites (tertiary alicyclic amines) is 1. The molecule has 1 fully saturated rings. The fourth-order valence-corrected chi connectivity index (χ4v) is 1.89. The number of aliphatic hydroxyl groups is 2. The lowest BCUT2D eigenvalue weighted by molar-refractivity contribution is 0.0572. The van der Waals surface area contributed by atoms with Crippen LogP contribution in [0.3, 0.4) is 0 Å². The molecule has 16 heavy (non-hydrogen) atoms. The van der Waals surface area contributed by atoms with E-state index in [9.17, 15) is 10.2 Å². The Morgan fingerprint density at radius 1 is 1.44 bits per heavy atom. The number of aromatic nitrogens is 1. The Morgan fingerprint density at radius 2 is 2.12 bits per heavy atom. The van der Waals surface area contributed by atoms with E-state index in [2.05, 4.69) is 10.4 Å². The molecule has 1 aliphatic heterocycles. The van der Waals surface area contributed by atoms with Crippen LogP contribution in [-0.4, -0.2) is 45.4 Å². The quantitative estimate of drug-likeness (QED) is 0.385. The van der Waals surface area contributed by atoms with Crippen molar-refractivity contribution in [2.45, 2.75) is 18.8 Å². The molecular weight excluding hydrogens is 208 g/mol. The van der Waals surface area contributed by atoms with E-state index in [-0.39, 0.29) is 0 Å². The van der Waals surface area contributed by atoms with Crippen LogP contribution >= 0.6 is 0 Å². The average molecular weight is 224 g/mol. The first-order chi connectivity index (χ1) is 7.69. The Labute approximate surface area is 93.7 Å². The summed E-state index contributed by atoms with van der Waals surface area (Å²) in [5.41, 5.74) is 3.53. The second-order valence-electron chi connectivity index (χ2n) is 4.02. The van der Waals surface area contributed by atoms with Crippen LogP contribution in [0.4, 0.5) is 5.82 Å². The van der Waals surface area contributed by atoms with Crippen LogP contribution < -0.4 is 11.3 Å². The predicted octanol–water partition coefficient (Wildman–Crippen LogP) is -1.10. The molecule has 1 saturated heterocycles. The summed E-state index contributed by atoms with van der Waals surface area (Å²) in [4.78, 5) is 6.00. The van der Waals surface area contributed by atoms with Crippen LogP contribution in [0.15, 0.2) is 18.3 Å². The number of hydrogen-bond acceptors (Lipinski definition) is 6. The minimum atomic E-state index is -0.644. The molecule has 1 aliphatic rings. The van der Waals surface area contributed by atoms with Gasteiger partial charge < -0.3 is 15.6 Å². The molecule has 0 aliphatic carbocycles. The normalized spacial score (nSPS) is 25.9. The third kappa shape index (κ3) is 2.48. The summed E-state index contributed by atoms with van der Waals surface area (Å²) in [5.74, 6) is 5.87. The lowest BCUT2D eigenvalue weighted by Crippen LogP contribution is -2.22. The summed E-state index contributed by atoms with van der Waals surface area (Å²) in [6.07, 6.45) is 0.385. The van der Waals surface area contributed by atoms with Crippen molar-refractivity contribution in [1.29, 1.82) is 0 Å². The van der Waals surface area contributed by atoms with E-state index >= 15 is 0 Å². The number of nitrogen functional groups attached to an aromatic ring is 1. The van der Waals surface area contributed by atoms with Gasteiger partial charge in [0.05, 0.1) is 12.2 Å². The zero-order chi connectivity index (χ0) is 11.5. The van der Waals surface area contributed by atoms with E-state index in [1.54, 1.807) is 6.20 Å². The van der Waals surface area contributed by atoms with Gasteiger partial charge in [0.25, 0.3) is 0 Å². The maximum absolute atomic E-state index is 9.41. The highest BCUT2D eigenvalue weighted by atomic mass is 16.3. The van der Waals surface area contributed by atoms with E-state index < -0.39 is 12.2 Å². The molecule has 2 atom stereocenters. The zero-order valence-corrected chi connectivity index (χ0v) is 8.87. The Balaban J connectivity index is 1.99. The smallest absolute Gasteiger partial charge is 0.140 e. The van der Waals surface area contributed by atoms with Gasteiger partial charge >= 0.3 is 0 Å². The van der Waals surface area contributed by atoms with Crippen molar-refractivity contribution in [1.82, 2.24) is 9.88 Å². The number of pyridine rings is 1. The van der Waals surface area contributed by atoms with Crippen molar-refractivity contribution in [2.75, 3.05) is 18.5 Å². The zero-order valence-electron chi connectivity index (χ0n) is 8.87.